The molecule has 0 saturated heterocycles. The zero-order valence-electron chi connectivity index (χ0n) is 10.6. The monoisotopic (exact) mass is 260 g/mol. The number of H-pyrrole nitrogens is 1. The number of carbonyl (C=O) groups is 1. The Morgan fingerprint density at radius 2 is 2.21 bits per heavy atom. The van der Waals surface area contributed by atoms with E-state index in [1.165, 1.54) is 6.20 Å². The molecule has 100 valence electrons. The van der Waals surface area contributed by atoms with Gasteiger partial charge in [0.2, 0.25) is 0 Å². The van der Waals surface area contributed by atoms with Crippen molar-refractivity contribution in [3.8, 4) is 0 Å². The third kappa shape index (κ3) is 4.11. The van der Waals surface area contributed by atoms with Gasteiger partial charge in [0.15, 0.2) is 0 Å². The number of aromatic amines is 1. The summed E-state index contributed by atoms with van der Waals surface area (Å²) in [5.74, 6) is 0. The zero-order valence-corrected chi connectivity index (χ0v) is 10.6. The summed E-state index contributed by atoms with van der Waals surface area (Å²) in [6.07, 6.45) is 3.14. The van der Waals surface area contributed by atoms with Gasteiger partial charge in [-0.2, -0.15) is 5.10 Å². The van der Waals surface area contributed by atoms with Crippen molar-refractivity contribution in [2.45, 2.75) is 13.5 Å². The highest BCUT2D eigenvalue weighted by Gasteiger charge is 2.03. The Labute approximate surface area is 111 Å². The lowest BCUT2D eigenvalue weighted by atomic mass is 10.2. The molecule has 19 heavy (non-hydrogen) atoms. The number of anilines is 2. The van der Waals surface area contributed by atoms with E-state index in [4.69, 9.17) is 4.74 Å². The average molecular weight is 260 g/mol. The number of nitrogens with zero attached hydrogens (tertiary/aromatic N) is 1. The van der Waals surface area contributed by atoms with Crippen LogP contribution in [0.5, 0.6) is 0 Å². The molecule has 1 heterocycles. The molecular formula is C13H16N4O2. The molecule has 3 N–H and O–H groups in total. The molecule has 2 amide bonds. The van der Waals surface area contributed by atoms with E-state index in [-0.39, 0.29) is 6.03 Å². The van der Waals surface area contributed by atoms with Gasteiger partial charge in [0.25, 0.3) is 0 Å². The van der Waals surface area contributed by atoms with Gasteiger partial charge in [-0.1, -0.05) is 12.1 Å². The molecule has 0 radical (unpaired) electrons. The summed E-state index contributed by atoms with van der Waals surface area (Å²) in [4.78, 5) is 11.7. The first-order valence-corrected chi connectivity index (χ1v) is 6.01. The predicted octanol–water partition coefficient (Wildman–Crippen LogP) is 2.59. The lowest BCUT2D eigenvalue weighted by Gasteiger charge is -2.08. The average Bonchev–Trinajstić information content (AvgIpc) is 2.89. The second-order valence-electron chi connectivity index (χ2n) is 3.90. The summed E-state index contributed by atoms with van der Waals surface area (Å²) in [5.41, 5.74) is 2.35. The van der Waals surface area contributed by atoms with Crippen molar-refractivity contribution in [2.75, 3.05) is 17.2 Å². The molecule has 6 nitrogen and oxygen atoms in total. The molecular weight excluding hydrogens is 244 g/mol. The molecule has 0 fully saturated rings. The highest BCUT2D eigenvalue weighted by molar-refractivity contribution is 5.99. The van der Waals surface area contributed by atoms with Crippen LogP contribution in [0.1, 0.15) is 12.5 Å². The Bertz CT molecular complexity index is 525. The quantitative estimate of drug-likeness (QED) is 0.773. The first-order chi connectivity index (χ1) is 9.28. The SMILES string of the molecule is CCOCc1cccc(NC(=O)Nc2cn[nH]c2)c1. The van der Waals surface area contributed by atoms with Gasteiger partial charge in [-0.15, -0.1) is 0 Å². The molecule has 0 aliphatic heterocycles. The summed E-state index contributed by atoms with van der Waals surface area (Å²) >= 11 is 0. The van der Waals surface area contributed by atoms with Crippen molar-refractivity contribution in [3.63, 3.8) is 0 Å². The van der Waals surface area contributed by atoms with Gasteiger partial charge < -0.3 is 15.4 Å². The number of amides is 2. The maximum Gasteiger partial charge on any atom is 0.323 e. The molecule has 1 aromatic carbocycles. The van der Waals surface area contributed by atoms with Gasteiger partial charge in [-0.3, -0.25) is 5.10 Å². The Morgan fingerprint density at radius 1 is 1.37 bits per heavy atom. The van der Waals surface area contributed by atoms with Crippen LogP contribution in [-0.4, -0.2) is 22.8 Å². The summed E-state index contributed by atoms with van der Waals surface area (Å²) in [6, 6.07) is 7.22. The Hall–Kier alpha value is -2.34. The van der Waals surface area contributed by atoms with Gasteiger partial charge in [0.05, 0.1) is 18.5 Å². The third-order valence-corrected chi connectivity index (χ3v) is 2.41. The Balaban J connectivity index is 1.92. The van der Waals surface area contributed by atoms with E-state index < -0.39 is 0 Å². The molecule has 0 atom stereocenters. The first-order valence-electron chi connectivity index (χ1n) is 6.01. The van der Waals surface area contributed by atoms with Crippen LogP contribution in [0.2, 0.25) is 0 Å². The molecule has 2 aromatic rings. The number of hydrogen-bond acceptors (Lipinski definition) is 3. The lowest BCUT2D eigenvalue weighted by Crippen LogP contribution is -2.19. The molecule has 1 aromatic heterocycles. The number of hydrogen-bond donors (Lipinski definition) is 3. The van der Waals surface area contributed by atoms with Crippen LogP contribution in [-0.2, 0) is 11.3 Å². The van der Waals surface area contributed by atoms with Crippen LogP contribution in [0, 0.1) is 0 Å². The molecule has 0 bridgehead atoms. The van der Waals surface area contributed by atoms with Gasteiger partial charge in [0.1, 0.15) is 0 Å². The number of nitrogens with one attached hydrogen (secondary N) is 3. The van der Waals surface area contributed by atoms with Crippen LogP contribution < -0.4 is 10.6 Å². The van der Waals surface area contributed by atoms with E-state index >= 15 is 0 Å². The fourth-order valence-corrected chi connectivity index (χ4v) is 1.57. The van der Waals surface area contributed by atoms with Crippen molar-refractivity contribution >= 4 is 17.4 Å². The summed E-state index contributed by atoms with van der Waals surface area (Å²) in [5, 5.41) is 11.8. The van der Waals surface area contributed by atoms with E-state index in [1.54, 1.807) is 6.20 Å². The lowest BCUT2D eigenvalue weighted by molar-refractivity contribution is 0.134. The maximum atomic E-state index is 11.7. The smallest absolute Gasteiger partial charge is 0.323 e. The fraction of sp³-hybridized carbons (Fsp3) is 0.231. The van der Waals surface area contributed by atoms with Crippen LogP contribution in [0.15, 0.2) is 36.7 Å². The predicted molar refractivity (Wildman–Crippen MR) is 73.0 cm³/mol. The second-order valence-corrected chi connectivity index (χ2v) is 3.90. The van der Waals surface area contributed by atoms with Crippen molar-refractivity contribution < 1.29 is 9.53 Å². The molecule has 0 saturated carbocycles. The van der Waals surface area contributed by atoms with Gasteiger partial charge in [0, 0.05) is 18.5 Å². The van der Waals surface area contributed by atoms with E-state index in [1.807, 2.05) is 31.2 Å². The number of benzene rings is 1. The molecule has 2 rings (SSSR count). The van der Waals surface area contributed by atoms with Crippen molar-refractivity contribution in [3.05, 3.63) is 42.2 Å². The minimum Gasteiger partial charge on any atom is -0.377 e. The van der Waals surface area contributed by atoms with Gasteiger partial charge in [-0.05, 0) is 24.6 Å². The van der Waals surface area contributed by atoms with E-state index in [0.717, 1.165) is 11.3 Å². The van der Waals surface area contributed by atoms with Crippen LogP contribution in [0.4, 0.5) is 16.2 Å². The van der Waals surface area contributed by atoms with Crippen LogP contribution >= 0.6 is 0 Å². The Morgan fingerprint density at radius 3 is 2.95 bits per heavy atom. The van der Waals surface area contributed by atoms with Crippen LogP contribution in [0.25, 0.3) is 0 Å². The highest BCUT2D eigenvalue weighted by atomic mass is 16.5. The normalized spacial score (nSPS) is 10.2. The van der Waals surface area contributed by atoms with E-state index in [2.05, 4.69) is 20.8 Å². The fourth-order valence-electron chi connectivity index (χ4n) is 1.57. The van der Waals surface area contributed by atoms with Crippen molar-refractivity contribution in [2.24, 2.45) is 0 Å². The zero-order chi connectivity index (χ0) is 13.5. The Kier molecular flexibility index (Phi) is 4.52. The molecule has 0 unspecified atom stereocenters. The summed E-state index contributed by atoms with van der Waals surface area (Å²) in [7, 11) is 0. The third-order valence-electron chi connectivity index (χ3n) is 2.41. The summed E-state index contributed by atoms with van der Waals surface area (Å²) in [6.45, 7) is 3.15. The molecule has 0 spiro atoms. The topological polar surface area (TPSA) is 79.0 Å². The largest absolute Gasteiger partial charge is 0.377 e. The highest BCUT2D eigenvalue weighted by Crippen LogP contribution is 2.12. The number of ether oxygens (including phenoxy) is 1. The number of aromatic nitrogens is 2. The molecule has 0 aliphatic rings. The first kappa shape index (κ1) is 13.1. The minimum absolute atomic E-state index is 0.310. The molecule has 6 heteroatoms. The standard InChI is InChI=1S/C13H16N4O2/c1-2-19-9-10-4-3-5-11(6-10)16-13(18)17-12-7-14-15-8-12/h3-8H,2,9H2,1H3,(H,14,15)(H2,16,17,18). The second kappa shape index (κ2) is 6.55. The van der Waals surface area contributed by atoms with Crippen molar-refractivity contribution in [1.82, 2.24) is 10.2 Å². The van der Waals surface area contributed by atoms with Crippen LogP contribution in [0.3, 0.4) is 0 Å². The number of carbonyl (C=O) groups excluding carboxylic acids is 1. The maximum absolute atomic E-state index is 11.7. The van der Waals surface area contributed by atoms with Gasteiger partial charge >= 0.3 is 6.03 Å². The van der Waals surface area contributed by atoms with E-state index in [9.17, 15) is 4.79 Å². The van der Waals surface area contributed by atoms with Gasteiger partial charge in [-0.25, -0.2) is 4.79 Å². The van der Waals surface area contributed by atoms with Crippen molar-refractivity contribution in [1.29, 1.82) is 0 Å². The summed E-state index contributed by atoms with van der Waals surface area (Å²) < 4.78 is 5.32. The van der Waals surface area contributed by atoms with E-state index in [0.29, 0.717) is 18.9 Å². The number of urea groups is 1. The number of rotatable bonds is 5. The molecule has 0 aliphatic carbocycles. The minimum atomic E-state index is -0.310.